The van der Waals surface area contributed by atoms with Crippen molar-refractivity contribution in [1.29, 1.82) is 0 Å². The lowest BCUT2D eigenvalue weighted by Crippen LogP contribution is -2.41. The fraction of sp³-hybridized carbons (Fsp3) is 0.364. The Morgan fingerprint density at radius 3 is 2.38 bits per heavy atom. The second-order valence-corrected chi connectivity index (χ2v) is 10.3. The van der Waals surface area contributed by atoms with Gasteiger partial charge in [-0.05, 0) is 49.6 Å². The molecule has 10 heteroatoms. The number of rotatable bonds is 7. The largest absolute Gasteiger partial charge is 0.455 e. The van der Waals surface area contributed by atoms with Crippen LogP contribution in [0.15, 0.2) is 53.4 Å². The average Bonchev–Trinajstić information content (AvgIpc) is 2.80. The first-order valence-electron chi connectivity index (χ1n) is 10.1. The maximum absolute atomic E-state index is 12.7. The van der Waals surface area contributed by atoms with Crippen molar-refractivity contribution in [3.05, 3.63) is 64.1 Å². The van der Waals surface area contributed by atoms with Crippen LogP contribution in [-0.2, 0) is 24.3 Å². The van der Waals surface area contributed by atoms with Gasteiger partial charge in [0, 0.05) is 13.1 Å². The minimum Gasteiger partial charge on any atom is -0.455 e. The van der Waals surface area contributed by atoms with E-state index in [0.29, 0.717) is 22.9 Å². The number of carbonyl (C=O) groups is 2. The van der Waals surface area contributed by atoms with Crippen molar-refractivity contribution in [1.82, 2.24) is 9.62 Å². The zero-order chi connectivity index (χ0) is 23.3. The van der Waals surface area contributed by atoms with Crippen molar-refractivity contribution in [2.75, 3.05) is 19.7 Å². The molecule has 2 aromatic carbocycles. The number of carbonyl (C=O) groups excluding carboxylic acids is 2. The molecule has 1 aliphatic heterocycles. The zero-order valence-corrected chi connectivity index (χ0v) is 19.8. The summed E-state index contributed by atoms with van der Waals surface area (Å²) in [5.74, 6) is -1.39. The minimum absolute atomic E-state index is 0.220. The summed E-state index contributed by atoms with van der Waals surface area (Å²) in [6.45, 7) is 1.81. The minimum atomic E-state index is -3.58. The molecule has 1 unspecified atom stereocenters. The molecular weight excluding hydrogens is 475 g/mol. The summed E-state index contributed by atoms with van der Waals surface area (Å²) < 4.78 is 31.9. The molecule has 0 bridgehead atoms. The van der Waals surface area contributed by atoms with Gasteiger partial charge in [-0.3, -0.25) is 9.59 Å². The molecule has 1 saturated heterocycles. The Labute approximate surface area is 197 Å². The van der Waals surface area contributed by atoms with Crippen molar-refractivity contribution in [3.63, 3.8) is 0 Å². The predicted molar refractivity (Wildman–Crippen MR) is 122 cm³/mol. The molecule has 1 atom stereocenters. The van der Waals surface area contributed by atoms with E-state index in [9.17, 15) is 18.0 Å². The third-order valence-corrected chi connectivity index (χ3v) is 7.99. The Hall–Kier alpha value is -2.13. The summed E-state index contributed by atoms with van der Waals surface area (Å²) >= 11 is 11.9. The van der Waals surface area contributed by atoms with Crippen molar-refractivity contribution >= 4 is 45.1 Å². The lowest BCUT2D eigenvalue weighted by molar-refractivity contribution is -0.153. The number of nitrogens with one attached hydrogen (secondary N) is 1. The van der Waals surface area contributed by atoms with E-state index in [4.69, 9.17) is 27.9 Å². The van der Waals surface area contributed by atoms with Gasteiger partial charge in [-0.25, -0.2) is 8.42 Å². The van der Waals surface area contributed by atoms with Crippen molar-refractivity contribution in [3.8, 4) is 0 Å². The molecule has 0 saturated carbocycles. The van der Waals surface area contributed by atoms with E-state index in [1.54, 1.807) is 55.5 Å². The predicted octanol–water partition coefficient (Wildman–Crippen LogP) is 3.81. The van der Waals surface area contributed by atoms with Crippen LogP contribution in [0.5, 0.6) is 0 Å². The number of halogens is 2. The van der Waals surface area contributed by atoms with Gasteiger partial charge >= 0.3 is 5.97 Å². The van der Waals surface area contributed by atoms with E-state index in [0.717, 1.165) is 5.56 Å². The van der Waals surface area contributed by atoms with E-state index in [-0.39, 0.29) is 24.0 Å². The van der Waals surface area contributed by atoms with E-state index in [2.05, 4.69) is 5.32 Å². The Morgan fingerprint density at radius 2 is 1.75 bits per heavy atom. The fourth-order valence-corrected chi connectivity index (χ4v) is 5.27. The highest BCUT2D eigenvalue weighted by Gasteiger charge is 2.33. The van der Waals surface area contributed by atoms with Gasteiger partial charge in [0.1, 0.15) is 0 Å². The van der Waals surface area contributed by atoms with E-state index >= 15 is 0 Å². The Morgan fingerprint density at radius 1 is 1.09 bits per heavy atom. The molecule has 1 aliphatic rings. The topological polar surface area (TPSA) is 92.8 Å². The number of sulfonamides is 1. The van der Waals surface area contributed by atoms with Crippen LogP contribution in [-0.4, -0.2) is 44.3 Å². The summed E-state index contributed by atoms with van der Waals surface area (Å²) in [4.78, 5) is 24.8. The number of piperidine rings is 1. The highest BCUT2D eigenvalue weighted by molar-refractivity contribution is 7.89. The van der Waals surface area contributed by atoms with Gasteiger partial charge in [0.25, 0.3) is 5.91 Å². The average molecular weight is 499 g/mol. The van der Waals surface area contributed by atoms with Crippen LogP contribution >= 0.6 is 23.2 Å². The summed E-state index contributed by atoms with van der Waals surface area (Å²) in [7, 11) is -3.58. The SMILES string of the molecule is CC(NC(=O)COC(=O)C1CCN(S(=O)(=O)c2ccccc2)CC1)c1ccc(Cl)c(Cl)c1. The van der Waals surface area contributed by atoms with Crippen LogP contribution < -0.4 is 5.32 Å². The molecule has 0 spiro atoms. The Balaban J connectivity index is 1.46. The van der Waals surface area contributed by atoms with Crippen LogP contribution in [0.3, 0.4) is 0 Å². The number of nitrogens with zero attached hydrogens (tertiary/aromatic N) is 1. The quantitative estimate of drug-likeness (QED) is 0.585. The summed E-state index contributed by atoms with van der Waals surface area (Å²) in [5.41, 5.74) is 0.770. The maximum Gasteiger partial charge on any atom is 0.309 e. The molecule has 2 aromatic rings. The first kappa shape index (κ1) is 24.5. The van der Waals surface area contributed by atoms with Gasteiger partial charge in [0.05, 0.1) is 26.9 Å². The Bertz CT molecular complexity index is 1070. The molecule has 1 heterocycles. The molecule has 1 amide bonds. The van der Waals surface area contributed by atoms with Gasteiger partial charge < -0.3 is 10.1 Å². The van der Waals surface area contributed by atoms with Gasteiger partial charge in [-0.15, -0.1) is 0 Å². The molecule has 0 radical (unpaired) electrons. The summed E-state index contributed by atoms with van der Waals surface area (Å²) in [6, 6.07) is 12.9. The zero-order valence-electron chi connectivity index (χ0n) is 17.5. The molecule has 0 aromatic heterocycles. The lowest BCUT2D eigenvalue weighted by Gasteiger charge is -2.30. The highest BCUT2D eigenvalue weighted by atomic mass is 35.5. The van der Waals surface area contributed by atoms with Crippen LogP contribution in [0.1, 0.15) is 31.4 Å². The van der Waals surface area contributed by atoms with Crippen LogP contribution in [0.4, 0.5) is 0 Å². The van der Waals surface area contributed by atoms with Gasteiger partial charge in [0.2, 0.25) is 10.0 Å². The summed E-state index contributed by atoms with van der Waals surface area (Å²) in [5, 5.41) is 3.55. The van der Waals surface area contributed by atoms with Gasteiger partial charge in [-0.1, -0.05) is 47.5 Å². The fourth-order valence-electron chi connectivity index (χ4n) is 3.48. The third-order valence-electron chi connectivity index (χ3n) is 5.33. The normalized spacial score (nSPS) is 16.3. The lowest BCUT2D eigenvalue weighted by atomic mass is 9.98. The monoisotopic (exact) mass is 498 g/mol. The Kier molecular flexibility index (Phi) is 8.16. The molecule has 1 fully saturated rings. The number of benzene rings is 2. The van der Waals surface area contributed by atoms with E-state index in [1.165, 1.54) is 4.31 Å². The molecule has 172 valence electrons. The molecule has 32 heavy (non-hydrogen) atoms. The molecule has 0 aliphatic carbocycles. The maximum atomic E-state index is 12.7. The van der Waals surface area contributed by atoms with Crippen LogP contribution in [0, 0.1) is 5.92 Å². The highest BCUT2D eigenvalue weighted by Crippen LogP contribution is 2.26. The summed E-state index contributed by atoms with van der Waals surface area (Å²) in [6.07, 6.45) is 0.679. The standard InChI is InChI=1S/C22H24Cl2N2O5S/c1-15(17-7-8-19(23)20(24)13-17)25-21(27)14-31-22(28)16-9-11-26(12-10-16)32(29,30)18-5-3-2-4-6-18/h2-8,13,15-16H,9-12,14H2,1H3,(H,25,27). The number of hydrogen-bond donors (Lipinski definition) is 1. The second kappa shape index (κ2) is 10.7. The molecular formula is C22H24Cl2N2O5S. The van der Waals surface area contributed by atoms with Gasteiger partial charge in [-0.2, -0.15) is 4.31 Å². The van der Waals surface area contributed by atoms with Crippen LogP contribution in [0.2, 0.25) is 10.0 Å². The molecule has 7 nitrogen and oxygen atoms in total. The van der Waals surface area contributed by atoms with Crippen molar-refractivity contribution in [2.24, 2.45) is 5.92 Å². The number of hydrogen-bond acceptors (Lipinski definition) is 5. The van der Waals surface area contributed by atoms with E-state index in [1.807, 2.05) is 0 Å². The molecule has 1 N–H and O–H groups in total. The van der Waals surface area contributed by atoms with Crippen molar-refractivity contribution in [2.45, 2.75) is 30.7 Å². The van der Waals surface area contributed by atoms with Crippen molar-refractivity contribution < 1.29 is 22.7 Å². The number of amides is 1. The smallest absolute Gasteiger partial charge is 0.309 e. The first-order valence-corrected chi connectivity index (χ1v) is 12.3. The van der Waals surface area contributed by atoms with Gasteiger partial charge in [0.15, 0.2) is 6.61 Å². The molecule has 3 rings (SSSR count). The number of esters is 1. The third kappa shape index (κ3) is 6.01. The second-order valence-electron chi connectivity index (χ2n) is 7.56. The van der Waals surface area contributed by atoms with E-state index < -0.39 is 34.4 Å². The number of ether oxygens (including phenoxy) is 1. The first-order chi connectivity index (χ1) is 15.2. The van der Waals surface area contributed by atoms with Crippen LogP contribution in [0.25, 0.3) is 0 Å².